The number of hydrogen-bond acceptors (Lipinski definition) is 4. The molecule has 19 heavy (non-hydrogen) atoms. The van der Waals surface area contributed by atoms with Crippen molar-refractivity contribution >= 4 is 45.0 Å². The predicted molar refractivity (Wildman–Crippen MR) is 82.6 cm³/mol. The van der Waals surface area contributed by atoms with Gasteiger partial charge in [0.1, 0.15) is 6.10 Å². The summed E-state index contributed by atoms with van der Waals surface area (Å²) in [4.78, 5) is 11.4. The molecular weight excluding hydrogens is 377 g/mol. The number of rotatable bonds is 2. The number of aliphatic hydroxyl groups is 1. The van der Waals surface area contributed by atoms with Gasteiger partial charge in [-0.3, -0.25) is 4.57 Å². The molecule has 1 atom stereocenters. The quantitative estimate of drug-likeness (QED) is 0.689. The van der Waals surface area contributed by atoms with Crippen molar-refractivity contribution in [1.29, 1.82) is 0 Å². The van der Waals surface area contributed by atoms with Crippen LogP contribution in [-0.2, 0) is 7.05 Å². The van der Waals surface area contributed by atoms with Crippen molar-refractivity contribution in [3.05, 3.63) is 54.2 Å². The van der Waals surface area contributed by atoms with Gasteiger partial charge in [-0.05, 0) is 57.3 Å². The van der Waals surface area contributed by atoms with E-state index in [0.717, 1.165) is 19.5 Å². The Morgan fingerprint density at radius 1 is 1.37 bits per heavy atom. The van der Waals surface area contributed by atoms with E-state index in [-0.39, 0.29) is 0 Å². The maximum atomic E-state index is 11.4. The molecule has 0 aliphatic rings. The normalized spacial score (nSPS) is 13.0. The molecule has 0 bridgehead atoms. The fourth-order valence-electron chi connectivity index (χ4n) is 1.98. The average molecular weight is 387 g/mol. The molecule has 0 aliphatic heterocycles. The number of thiophene rings is 1. The highest BCUT2D eigenvalue weighted by Crippen LogP contribution is 2.28. The van der Waals surface area contributed by atoms with E-state index in [1.54, 1.807) is 30.5 Å². The molecule has 1 unspecified atom stereocenters. The molecule has 6 heteroatoms. The molecule has 0 aliphatic carbocycles. The third-order valence-electron chi connectivity index (χ3n) is 3.04. The van der Waals surface area contributed by atoms with Crippen molar-refractivity contribution in [2.45, 2.75) is 6.10 Å². The van der Waals surface area contributed by atoms with E-state index in [0.29, 0.717) is 5.58 Å². The number of aryl methyl sites for hydroxylation is 1. The number of hydrogen-bond donors (Lipinski definition) is 1. The SMILES string of the molecule is Cn1c(=O)oc2cc(C(O)c3csc(I)c3)ccc21. The Balaban J connectivity index is 2.08. The van der Waals surface area contributed by atoms with Crippen LogP contribution in [0.15, 0.2) is 38.9 Å². The third-order valence-corrected chi connectivity index (χ3v) is 4.84. The molecule has 2 aromatic heterocycles. The zero-order valence-corrected chi connectivity index (χ0v) is 12.9. The summed E-state index contributed by atoms with van der Waals surface area (Å²) in [5.41, 5.74) is 2.79. The van der Waals surface area contributed by atoms with E-state index in [1.807, 2.05) is 17.5 Å². The number of halogens is 1. The van der Waals surface area contributed by atoms with Crippen molar-refractivity contribution in [2.75, 3.05) is 0 Å². The van der Waals surface area contributed by atoms with Crippen LogP contribution in [0.5, 0.6) is 0 Å². The first kappa shape index (κ1) is 12.9. The van der Waals surface area contributed by atoms with Gasteiger partial charge in [-0.2, -0.15) is 0 Å². The fraction of sp³-hybridized carbons (Fsp3) is 0.154. The molecule has 2 heterocycles. The molecule has 1 N–H and O–H groups in total. The molecule has 0 spiro atoms. The lowest BCUT2D eigenvalue weighted by Crippen LogP contribution is -2.08. The molecule has 98 valence electrons. The molecule has 0 radical (unpaired) electrons. The molecule has 0 saturated heterocycles. The Morgan fingerprint density at radius 2 is 2.16 bits per heavy atom. The Bertz CT molecular complexity index is 802. The summed E-state index contributed by atoms with van der Waals surface area (Å²) < 4.78 is 7.70. The smallest absolute Gasteiger partial charge is 0.408 e. The van der Waals surface area contributed by atoms with E-state index in [4.69, 9.17) is 4.42 Å². The second-order valence-electron chi connectivity index (χ2n) is 4.24. The summed E-state index contributed by atoms with van der Waals surface area (Å²) in [5.74, 6) is -0.397. The minimum Gasteiger partial charge on any atom is -0.408 e. The Hall–Kier alpha value is -1.12. The maximum Gasteiger partial charge on any atom is 0.419 e. The van der Waals surface area contributed by atoms with Crippen molar-refractivity contribution in [2.24, 2.45) is 7.05 Å². The largest absolute Gasteiger partial charge is 0.419 e. The maximum absolute atomic E-state index is 11.4. The van der Waals surface area contributed by atoms with Gasteiger partial charge < -0.3 is 9.52 Å². The van der Waals surface area contributed by atoms with Crippen molar-refractivity contribution in [3.63, 3.8) is 0 Å². The minimum absolute atomic E-state index is 0.397. The number of benzene rings is 1. The van der Waals surface area contributed by atoms with Crippen LogP contribution in [0.4, 0.5) is 0 Å². The van der Waals surface area contributed by atoms with Crippen LogP contribution in [0.2, 0.25) is 0 Å². The molecule has 1 aromatic carbocycles. The monoisotopic (exact) mass is 387 g/mol. The first-order valence-electron chi connectivity index (χ1n) is 5.58. The second kappa shape index (κ2) is 4.77. The van der Waals surface area contributed by atoms with E-state index >= 15 is 0 Å². The van der Waals surface area contributed by atoms with Crippen LogP contribution in [-0.4, -0.2) is 9.67 Å². The summed E-state index contributed by atoms with van der Waals surface area (Å²) in [6.45, 7) is 0. The van der Waals surface area contributed by atoms with E-state index < -0.39 is 11.9 Å². The number of aromatic nitrogens is 1. The summed E-state index contributed by atoms with van der Waals surface area (Å²) in [5, 5.41) is 12.2. The van der Waals surface area contributed by atoms with Crippen LogP contribution >= 0.6 is 33.9 Å². The zero-order chi connectivity index (χ0) is 13.6. The summed E-state index contributed by atoms with van der Waals surface area (Å²) in [7, 11) is 1.66. The number of fused-ring (bicyclic) bond motifs is 1. The van der Waals surface area contributed by atoms with E-state index in [1.165, 1.54) is 4.57 Å². The van der Waals surface area contributed by atoms with Crippen molar-refractivity contribution in [3.8, 4) is 0 Å². The van der Waals surface area contributed by atoms with Gasteiger partial charge in [0, 0.05) is 7.05 Å². The lowest BCUT2D eigenvalue weighted by Gasteiger charge is -2.08. The van der Waals surface area contributed by atoms with Gasteiger partial charge in [0.25, 0.3) is 0 Å². The van der Waals surface area contributed by atoms with E-state index in [9.17, 15) is 9.90 Å². The highest BCUT2D eigenvalue weighted by molar-refractivity contribution is 14.1. The van der Waals surface area contributed by atoms with Crippen molar-refractivity contribution < 1.29 is 9.52 Å². The Labute approximate surface area is 126 Å². The number of nitrogens with zero attached hydrogens (tertiary/aromatic N) is 1. The van der Waals surface area contributed by atoms with Gasteiger partial charge in [-0.15, -0.1) is 11.3 Å². The van der Waals surface area contributed by atoms with Crippen LogP contribution in [0, 0.1) is 2.88 Å². The van der Waals surface area contributed by atoms with Gasteiger partial charge in [-0.1, -0.05) is 6.07 Å². The fourth-order valence-corrected chi connectivity index (χ4v) is 3.37. The van der Waals surface area contributed by atoms with Gasteiger partial charge in [0.05, 0.1) is 8.40 Å². The van der Waals surface area contributed by atoms with Gasteiger partial charge in [0.15, 0.2) is 5.58 Å². The first-order chi connectivity index (χ1) is 9.06. The van der Waals surface area contributed by atoms with Gasteiger partial charge >= 0.3 is 5.76 Å². The second-order valence-corrected chi connectivity index (χ2v) is 7.05. The zero-order valence-electron chi connectivity index (χ0n) is 9.96. The molecule has 0 saturated carbocycles. The molecule has 0 amide bonds. The topological polar surface area (TPSA) is 55.4 Å². The molecule has 0 fully saturated rings. The molecule has 4 nitrogen and oxygen atoms in total. The standard InChI is InChI=1S/C13H10INO3S/c1-15-9-3-2-7(4-10(9)18-13(15)17)12(16)8-5-11(14)19-6-8/h2-6,12,16H,1H3. The highest BCUT2D eigenvalue weighted by Gasteiger charge is 2.14. The highest BCUT2D eigenvalue weighted by atomic mass is 127. The van der Waals surface area contributed by atoms with Crippen LogP contribution in [0.3, 0.4) is 0 Å². The lowest BCUT2D eigenvalue weighted by atomic mass is 10.0. The number of aliphatic hydroxyl groups excluding tert-OH is 1. The third kappa shape index (κ3) is 2.24. The summed E-state index contributed by atoms with van der Waals surface area (Å²) in [6, 6.07) is 7.26. The Morgan fingerprint density at radius 3 is 2.84 bits per heavy atom. The van der Waals surface area contributed by atoms with Gasteiger partial charge in [-0.25, -0.2) is 4.79 Å². The minimum atomic E-state index is -0.699. The number of oxazole rings is 1. The van der Waals surface area contributed by atoms with Crippen LogP contribution < -0.4 is 5.76 Å². The van der Waals surface area contributed by atoms with Crippen LogP contribution in [0.1, 0.15) is 17.2 Å². The van der Waals surface area contributed by atoms with Gasteiger partial charge in [0.2, 0.25) is 0 Å². The molecule has 3 aromatic rings. The lowest BCUT2D eigenvalue weighted by molar-refractivity contribution is 0.221. The first-order valence-corrected chi connectivity index (χ1v) is 7.53. The van der Waals surface area contributed by atoms with E-state index in [2.05, 4.69) is 22.6 Å². The summed E-state index contributed by atoms with van der Waals surface area (Å²) in [6.07, 6.45) is -0.699. The molecule has 3 rings (SSSR count). The predicted octanol–water partition coefficient (Wildman–Crippen LogP) is 2.88. The summed E-state index contributed by atoms with van der Waals surface area (Å²) >= 11 is 3.81. The molecular formula is C13H10INO3S. The van der Waals surface area contributed by atoms with Crippen LogP contribution in [0.25, 0.3) is 11.1 Å². The Kier molecular flexibility index (Phi) is 3.23. The van der Waals surface area contributed by atoms with Crippen molar-refractivity contribution in [1.82, 2.24) is 4.57 Å². The average Bonchev–Trinajstić information content (AvgIpc) is 2.94.